The van der Waals surface area contributed by atoms with E-state index in [1.807, 2.05) is 55.6 Å². The highest BCUT2D eigenvalue weighted by atomic mass is 14.9. The minimum absolute atomic E-state index is 0.704. The van der Waals surface area contributed by atoms with Crippen LogP contribution >= 0.6 is 0 Å². The molecule has 0 saturated heterocycles. The van der Waals surface area contributed by atoms with E-state index in [0.29, 0.717) is 5.82 Å². The smallest absolute Gasteiger partial charge is 0.159 e. The Morgan fingerprint density at radius 3 is 2.35 bits per heavy atom. The van der Waals surface area contributed by atoms with Crippen molar-refractivity contribution in [2.75, 3.05) is 12.4 Å². The number of aromatic nitrogens is 3. The molecule has 0 aliphatic rings. The average molecular weight is 262 g/mol. The minimum atomic E-state index is 0.704. The summed E-state index contributed by atoms with van der Waals surface area (Å²) in [5.74, 6) is 0.704. The summed E-state index contributed by atoms with van der Waals surface area (Å²) in [6.45, 7) is 0. The first-order valence-electron chi connectivity index (χ1n) is 6.39. The topological polar surface area (TPSA) is 50.7 Å². The molecule has 1 N–H and O–H groups in total. The molecule has 4 nitrogen and oxygen atoms in total. The van der Waals surface area contributed by atoms with Crippen LogP contribution in [0.1, 0.15) is 0 Å². The summed E-state index contributed by atoms with van der Waals surface area (Å²) in [7, 11) is 1.90. The van der Waals surface area contributed by atoms with E-state index in [1.165, 1.54) is 0 Å². The van der Waals surface area contributed by atoms with Crippen molar-refractivity contribution >= 4 is 5.69 Å². The Morgan fingerprint density at radius 2 is 1.65 bits per heavy atom. The van der Waals surface area contributed by atoms with Crippen LogP contribution in [-0.4, -0.2) is 22.0 Å². The third-order valence-corrected chi connectivity index (χ3v) is 3.01. The molecule has 0 bridgehead atoms. The van der Waals surface area contributed by atoms with Crippen molar-refractivity contribution in [3.05, 3.63) is 60.9 Å². The molecule has 0 atom stereocenters. The van der Waals surface area contributed by atoms with Gasteiger partial charge in [-0.1, -0.05) is 6.07 Å². The number of benzene rings is 1. The molecule has 2 heterocycles. The van der Waals surface area contributed by atoms with E-state index in [2.05, 4.69) is 20.3 Å². The predicted octanol–water partition coefficient (Wildman–Crippen LogP) is 3.25. The van der Waals surface area contributed by atoms with Crippen LogP contribution in [0.3, 0.4) is 0 Å². The normalized spacial score (nSPS) is 10.2. The van der Waals surface area contributed by atoms with Crippen molar-refractivity contribution in [1.82, 2.24) is 15.0 Å². The van der Waals surface area contributed by atoms with Gasteiger partial charge in [-0.2, -0.15) is 0 Å². The molecule has 3 aromatic rings. The lowest BCUT2D eigenvalue weighted by molar-refractivity contribution is 1.16. The van der Waals surface area contributed by atoms with Crippen molar-refractivity contribution in [1.29, 1.82) is 0 Å². The average Bonchev–Trinajstić information content (AvgIpc) is 2.56. The zero-order valence-corrected chi connectivity index (χ0v) is 11.1. The minimum Gasteiger partial charge on any atom is -0.388 e. The van der Waals surface area contributed by atoms with Crippen molar-refractivity contribution < 1.29 is 0 Å². The molecule has 4 heteroatoms. The van der Waals surface area contributed by atoms with Crippen molar-refractivity contribution in [3.63, 3.8) is 0 Å². The van der Waals surface area contributed by atoms with Gasteiger partial charge in [0.25, 0.3) is 0 Å². The van der Waals surface area contributed by atoms with E-state index in [-0.39, 0.29) is 0 Å². The van der Waals surface area contributed by atoms with Gasteiger partial charge < -0.3 is 5.32 Å². The molecule has 3 rings (SSSR count). The van der Waals surface area contributed by atoms with Gasteiger partial charge in [0.1, 0.15) is 0 Å². The fraction of sp³-hybridized carbons (Fsp3) is 0.0625. The lowest BCUT2D eigenvalue weighted by atomic mass is 10.2. The van der Waals surface area contributed by atoms with Crippen LogP contribution in [0, 0.1) is 0 Å². The highest BCUT2D eigenvalue weighted by Crippen LogP contribution is 2.20. The molecule has 0 fully saturated rings. The highest BCUT2D eigenvalue weighted by molar-refractivity contribution is 5.63. The third-order valence-electron chi connectivity index (χ3n) is 3.01. The van der Waals surface area contributed by atoms with Gasteiger partial charge in [-0.15, -0.1) is 0 Å². The summed E-state index contributed by atoms with van der Waals surface area (Å²) in [5, 5.41) is 3.09. The van der Waals surface area contributed by atoms with E-state index in [9.17, 15) is 0 Å². The van der Waals surface area contributed by atoms with Crippen LogP contribution < -0.4 is 5.32 Å². The number of hydrogen-bond donors (Lipinski definition) is 1. The molecule has 2 aromatic heterocycles. The van der Waals surface area contributed by atoms with Crippen LogP contribution in [0.25, 0.3) is 22.8 Å². The Bertz CT molecular complexity index is 693. The summed E-state index contributed by atoms with van der Waals surface area (Å²) >= 11 is 0. The second-order valence-corrected chi connectivity index (χ2v) is 4.31. The fourth-order valence-corrected chi connectivity index (χ4v) is 1.94. The zero-order chi connectivity index (χ0) is 13.8. The number of pyridine rings is 1. The summed E-state index contributed by atoms with van der Waals surface area (Å²) in [6, 6.07) is 15.7. The van der Waals surface area contributed by atoms with Crippen LogP contribution in [0.5, 0.6) is 0 Å². The van der Waals surface area contributed by atoms with Gasteiger partial charge in [0.05, 0.1) is 11.4 Å². The van der Waals surface area contributed by atoms with Crippen LogP contribution in [-0.2, 0) is 0 Å². The quantitative estimate of drug-likeness (QED) is 0.787. The Balaban J connectivity index is 1.98. The number of rotatable bonds is 3. The monoisotopic (exact) mass is 262 g/mol. The molecule has 0 amide bonds. The first-order chi connectivity index (χ1) is 9.86. The first-order valence-corrected chi connectivity index (χ1v) is 6.39. The zero-order valence-electron chi connectivity index (χ0n) is 11.1. The van der Waals surface area contributed by atoms with E-state index in [1.54, 1.807) is 12.4 Å². The maximum Gasteiger partial charge on any atom is 0.159 e. The van der Waals surface area contributed by atoms with Gasteiger partial charge in [0.2, 0.25) is 0 Å². The number of hydrogen-bond acceptors (Lipinski definition) is 4. The molecule has 0 radical (unpaired) electrons. The van der Waals surface area contributed by atoms with E-state index >= 15 is 0 Å². The molecular weight excluding hydrogens is 248 g/mol. The van der Waals surface area contributed by atoms with E-state index < -0.39 is 0 Å². The van der Waals surface area contributed by atoms with Gasteiger partial charge in [-0.05, 0) is 42.5 Å². The number of anilines is 1. The summed E-state index contributed by atoms with van der Waals surface area (Å²) in [6.07, 6.45) is 3.52. The van der Waals surface area contributed by atoms with Gasteiger partial charge >= 0.3 is 0 Å². The molecule has 98 valence electrons. The Labute approximate surface area is 117 Å². The first kappa shape index (κ1) is 12.3. The maximum atomic E-state index is 4.57. The van der Waals surface area contributed by atoms with Gasteiger partial charge in [0, 0.05) is 30.7 Å². The molecular formula is C16H14N4. The lowest BCUT2D eigenvalue weighted by Gasteiger charge is -2.05. The van der Waals surface area contributed by atoms with Gasteiger partial charge in [-0.25, -0.2) is 9.97 Å². The molecule has 0 aliphatic heterocycles. The van der Waals surface area contributed by atoms with E-state index in [0.717, 1.165) is 22.6 Å². The molecule has 0 unspecified atom stereocenters. The summed E-state index contributed by atoms with van der Waals surface area (Å²) in [5.41, 5.74) is 3.73. The summed E-state index contributed by atoms with van der Waals surface area (Å²) < 4.78 is 0. The fourth-order valence-electron chi connectivity index (χ4n) is 1.94. The number of nitrogens with zero attached hydrogens (tertiary/aromatic N) is 3. The lowest BCUT2D eigenvalue weighted by Crippen LogP contribution is -1.93. The second-order valence-electron chi connectivity index (χ2n) is 4.31. The Morgan fingerprint density at radius 1 is 0.800 bits per heavy atom. The van der Waals surface area contributed by atoms with E-state index in [4.69, 9.17) is 0 Å². The predicted molar refractivity (Wildman–Crippen MR) is 80.2 cm³/mol. The molecule has 0 spiro atoms. The van der Waals surface area contributed by atoms with Crippen LogP contribution in [0.4, 0.5) is 5.69 Å². The molecule has 1 aromatic carbocycles. The molecule has 0 aliphatic carbocycles. The third kappa shape index (κ3) is 2.49. The van der Waals surface area contributed by atoms with Gasteiger partial charge in [0.15, 0.2) is 5.82 Å². The molecule has 20 heavy (non-hydrogen) atoms. The van der Waals surface area contributed by atoms with Crippen molar-refractivity contribution in [2.45, 2.75) is 0 Å². The largest absolute Gasteiger partial charge is 0.388 e. The highest BCUT2D eigenvalue weighted by Gasteiger charge is 2.05. The van der Waals surface area contributed by atoms with Crippen molar-refractivity contribution in [3.8, 4) is 22.8 Å². The Hall–Kier alpha value is -2.75. The standard InChI is InChI=1S/C16H14N4/c1-17-13-7-5-12(6-8-13)16-19-11-9-15(20-16)14-4-2-3-10-18-14/h2-11,17H,1H3. The second kappa shape index (κ2) is 5.48. The van der Waals surface area contributed by atoms with Crippen LogP contribution in [0.15, 0.2) is 60.9 Å². The van der Waals surface area contributed by atoms with Crippen LogP contribution in [0.2, 0.25) is 0 Å². The van der Waals surface area contributed by atoms with Gasteiger partial charge in [-0.3, -0.25) is 4.98 Å². The molecule has 0 saturated carbocycles. The van der Waals surface area contributed by atoms with Crippen molar-refractivity contribution in [2.24, 2.45) is 0 Å². The maximum absolute atomic E-state index is 4.57. The summed E-state index contributed by atoms with van der Waals surface area (Å²) in [4.78, 5) is 13.2. The number of nitrogens with one attached hydrogen (secondary N) is 1. The Kier molecular flexibility index (Phi) is 3.37. The SMILES string of the molecule is CNc1ccc(-c2nccc(-c3ccccn3)n2)cc1.